The van der Waals surface area contributed by atoms with E-state index >= 15 is 0 Å². The molecule has 0 bridgehead atoms. The zero-order valence-corrected chi connectivity index (χ0v) is 10.8. The van der Waals surface area contributed by atoms with E-state index in [0.717, 1.165) is 17.7 Å². The van der Waals surface area contributed by atoms with Crippen LogP contribution in [0.1, 0.15) is 32.6 Å². The number of amides is 3. The normalized spacial score (nSPS) is 30.8. The Morgan fingerprint density at radius 1 is 1.58 bits per heavy atom. The summed E-state index contributed by atoms with van der Waals surface area (Å²) in [4.78, 5) is 35.5. The third-order valence-corrected chi connectivity index (χ3v) is 3.61. The highest BCUT2D eigenvalue weighted by Gasteiger charge is 2.53. The van der Waals surface area contributed by atoms with Crippen molar-refractivity contribution in [3.8, 4) is 0 Å². The van der Waals surface area contributed by atoms with Gasteiger partial charge in [-0.1, -0.05) is 13.3 Å². The number of rotatable bonds is 4. The summed E-state index contributed by atoms with van der Waals surface area (Å²) in [5.41, 5.74) is -0.968. The molecule has 0 aromatic heterocycles. The van der Waals surface area contributed by atoms with Gasteiger partial charge in [-0.25, -0.2) is 4.79 Å². The highest BCUT2D eigenvalue weighted by atomic mass is 16.5. The summed E-state index contributed by atoms with van der Waals surface area (Å²) >= 11 is 0. The van der Waals surface area contributed by atoms with Crippen molar-refractivity contribution in [1.82, 2.24) is 10.2 Å². The Labute approximate surface area is 110 Å². The van der Waals surface area contributed by atoms with Crippen LogP contribution in [0, 0.1) is 0 Å². The molecule has 0 radical (unpaired) electrons. The van der Waals surface area contributed by atoms with Crippen LogP contribution in [0.25, 0.3) is 0 Å². The predicted molar refractivity (Wildman–Crippen MR) is 64.5 cm³/mol. The van der Waals surface area contributed by atoms with Crippen LogP contribution in [0.15, 0.2) is 0 Å². The van der Waals surface area contributed by atoms with Gasteiger partial charge in [0.1, 0.15) is 12.1 Å². The first-order valence-corrected chi connectivity index (χ1v) is 6.46. The van der Waals surface area contributed by atoms with Crippen LogP contribution in [-0.4, -0.2) is 52.7 Å². The van der Waals surface area contributed by atoms with Crippen molar-refractivity contribution < 1.29 is 24.2 Å². The van der Waals surface area contributed by atoms with Gasteiger partial charge in [0, 0.05) is 19.4 Å². The number of nitrogens with one attached hydrogen (secondary N) is 1. The predicted octanol–water partition coefficient (Wildman–Crippen LogP) is 0.341. The molecular formula is C12H18N2O5. The van der Waals surface area contributed by atoms with Crippen molar-refractivity contribution in [3.63, 3.8) is 0 Å². The number of carbonyl (C=O) groups excluding carboxylic acids is 2. The second-order valence-corrected chi connectivity index (χ2v) is 5.03. The number of urea groups is 1. The maximum atomic E-state index is 12.3. The first-order chi connectivity index (χ1) is 8.98. The summed E-state index contributed by atoms with van der Waals surface area (Å²) in [7, 11) is 0. The lowest BCUT2D eigenvalue weighted by Crippen LogP contribution is -2.53. The van der Waals surface area contributed by atoms with Crippen LogP contribution in [0.3, 0.4) is 0 Å². The van der Waals surface area contributed by atoms with Crippen LogP contribution in [0.4, 0.5) is 4.79 Å². The molecule has 7 nitrogen and oxygen atoms in total. The van der Waals surface area contributed by atoms with E-state index < -0.39 is 30.0 Å². The molecule has 19 heavy (non-hydrogen) atoms. The van der Waals surface area contributed by atoms with Crippen molar-refractivity contribution in [2.75, 3.05) is 13.2 Å². The molecule has 0 aromatic rings. The minimum absolute atomic E-state index is 0.0622. The standard InChI is InChI=1S/C12H18N2O5/c1-2-3-8-6-12(4-5-19-8)10(17)14(7-9(15)16)11(18)13-12/h8H,2-7H2,1H3,(H,13,18)(H,15,16). The van der Waals surface area contributed by atoms with Crippen molar-refractivity contribution >= 4 is 17.9 Å². The largest absolute Gasteiger partial charge is 0.480 e. The average molecular weight is 270 g/mol. The van der Waals surface area contributed by atoms with Crippen LogP contribution in [0.2, 0.25) is 0 Å². The highest BCUT2D eigenvalue weighted by Crippen LogP contribution is 2.32. The lowest BCUT2D eigenvalue weighted by atomic mass is 9.85. The third kappa shape index (κ3) is 2.56. The molecule has 2 N–H and O–H groups in total. The summed E-state index contributed by atoms with van der Waals surface area (Å²) in [5, 5.41) is 11.4. The number of aliphatic carboxylic acids is 1. The molecule has 0 saturated carbocycles. The third-order valence-electron chi connectivity index (χ3n) is 3.61. The van der Waals surface area contributed by atoms with Gasteiger partial charge in [-0.2, -0.15) is 0 Å². The summed E-state index contributed by atoms with van der Waals surface area (Å²) in [6.45, 7) is 1.83. The Hall–Kier alpha value is -1.63. The molecule has 2 unspecified atom stereocenters. The lowest BCUT2D eigenvalue weighted by Gasteiger charge is -2.35. The number of hydrogen-bond acceptors (Lipinski definition) is 4. The Morgan fingerprint density at radius 2 is 2.32 bits per heavy atom. The molecule has 0 aliphatic carbocycles. The number of carboxylic acids is 1. The van der Waals surface area contributed by atoms with Crippen molar-refractivity contribution in [3.05, 3.63) is 0 Å². The first kappa shape index (κ1) is 13.8. The number of carbonyl (C=O) groups is 3. The molecule has 2 saturated heterocycles. The second-order valence-electron chi connectivity index (χ2n) is 5.03. The maximum Gasteiger partial charge on any atom is 0.325 e. The Balaban J connectivity index is 2.13. The van der Waals surface area contributed by atoms with E-state index in [-0.39, 0.29) is 6.10 Å². The summed E-state index contributed by atoms with van der Waals surface area (Å²) < 4.78 is 5.57. The van der Waals surface area contributed by atoms with Gasteiger partial charge in [0.25, 0.3) is 5.91 Å². The summed E-state index contributed by atoms with van der Waals surface area (Å²) in [6, 6.07) is -0.621. The van der Waals surface area contributed by atoms with E-state index in [1.807, 2.05) is 6.92 Å². The van der Waals surface area contributed by atoms with Gasteiger partial charge in [-0.15, -0.1) is 0 Å². The summed E-state index contributed by atoms with van der Waals surface area (Å²) in [6.07, 6.45) is 2.51. The zero-order valence-electron chi connectivity index (χ0n) is 10.8. The molecule has 7 heteroatoms. The molecule has 0 aromatic carbocycles. The molecule has 3 amide bonds. The van der Waals surface area contributed by atoms with Gasteiger partial charge in [-0.05, 0) is 6.42 Å². The number of hydrogen-bond donors (Lipinski definition) is 2. The van der Waals surface area contributed by atoms with E-state index in [9.17, 15) is 14.4 Å². The Morgan fingerprint density at radius 3 is 2.95 bits per heavy atom. The van der Waals surface area contributed by atoms with Gasteiger partial charge in [0.05, 0.1) is 6.10 Å². The minimum Gasteiger partial charge on any atom is -0.480 e. The molecule has 2 heterocycles. The van der Waals surface area contributed by atoms with Gasteiger partial charge in [0.2, 0.25) is 0 Å². The molecule has 2 rings (SSSR count). The lowest BCUT2D eigenvalue weighted by molar-refractivity contribution is -0.145. The number of ether oxygens (including phenoxy) is 1. The van der Waals surface area contributed by atoms with E-state index in [2.05, 4.69) is 5.32 Å². The maximum absolute atomic E-state index is 12.3. The SMILES string of the molecule is CCCC1CC2(CCO1)NC(=O)N(CC(=O)O)C2=O. The topological polar surface area (TPSA) is 95.9 Å². The van der Waals surface area contributed by atoms with Crippen LogP contribution >= 0.6 is 0 Å². The van der Waals surface area contributed by atoms with Crippen molar-refractivity contribution in [2.24, 2.45) is 0 Å². The van der Waals surface area contributed by atoms with Crippen LogP contribution < -0.4 is 5.32 Å². The van der Waals surface area contributed by atoms with Crippen molar-refractivity contribution in [1.29, 1.82) is 0 Å². The number of carboxylic acid groups (broad SMARTS) is 1. The van der Waals surface area contributed by atoms with E-state index in [1.165, 1.54) is 0 Å². The van der Waals surface area contributed by atoms with E-state index in [1.54, 1.807) is 0 Å². The second kappa shape index (κ2) is 5.16. The van der Waals surface area contributed by atoms with Gasteiger partial charge < -0.3 is 15.2 Å². The van der Waals surface area contributed by atoms with Gasteiger partial charge in [-0.3, -0.25) is 14.5 Å². The molecular weight excluding hydrogens is 252 g/mol. The molecule has 2 fully saturated rings. The Bertz CT molecular complexity index is 409. The zero-order chi connectivity index (χ0) is 14.0. The Kier molecular flexibility index (Phi) is 3.75. The fourth-order valence-corrected chi connectivity index (χ4v) is 2.72. The monoisotopic (exact) mass is 270 g/mol. The fourth-order valence-electron chi connectivity index (χ4n) is 2.72. The van der Waals surface area contributed by atoms with E-state index in [0.29, 0.717) is 19.4 Å². The van der Waals surface area contributed by atoms with Gasteiger partial charge >= 0.3 is 12.0 Å². The molecule has 2 aliphatic rings. The van der Waals surface area contributed by atoms with Crippen LogP contribution in [0.5, 0.6) is 0 Å². The first-order valence-electron chi connectivity index (χ1n) is 6.46. The van der Waals surface area contributed by atoms with E-state index in [4.69, 9.17) is 9.84 Å². The molecule has 2 atom stereocenters. The smallest absolute Gasteiger partial charge is 0.325 e. The molecule has 106 valence electrons. The van der Waals surface area contributed by atoms with Crippen LogP contribution in [-0.2, 0) is 14.3 Å². The average Bonchev–Trinajstić information content (AvgIpc) is 2.54. The number of nitrogens with zero attached hydrogens (tertiary/aromatic N) is 1. The summed E-state index contributed by atoms with van der Waals surface area (Å²) in [5.74, 6) is -1.64. The highest BCUT2D eigenvalue weighted by molar-refractivity contribution is 6.08. The fraction of sp³-hybridized carbons (Fsp3) is 0.750. The minimum atomic E-state index is -1.20. The number of imide groups is 1. The molecule has 2 aliphatic heterocycles. The van der Waals surface area contributed by atoms with Gasteiger partial charge in [0.15, 0.2) is 0 Å². The quantitative estimate of drug-likeness (QED) is 0.718. The molecule has 1 spiro atoms. The van der Waals surface area contributed by atoms with Crippen molar-refractivity contribution in [2.45, 2.75) is 44.2 Å².